The number of pyridine rings is 1. The Bertz CT molecular complexity index is 1350. The van der Waals surface area contributed by atoms with Gasteiger partial charge in [-0.15, -0.1) is 0 Å². The summed E-state index contributed by atoms with van der Waals surface area (Å²) in [6, 6.07) is 17.4. The standard InChI is InChI=1S/C25H25N3O5/c29-24-20(14-16-3-1-2-4-21(16)27-24)23-15-17-13-19(5-6-22(17)26-23)32-12-11-28-9-7-18(8-10-28)33-25(30)31/h1-6,13-15,18,26H,7-12H2,(H,27,29)(H,30,31). The minimum atomic E-state index is -1.20. The molecule has 0 spiro atoms. The number of aromatic amines is 2. The highest BCUT2D eigenvalue weighted by atomic mass is 16.7. The number of H-pyrrole nitrogens is 2. The summed E-state index contributed by atoms with van der Waals surface area (Å²) in [6.07, 6.45) is 0.00125. The van der Waals surface area contributed by atoms with Crippen molar-refractivity contribution in [1.29, 1.82) is 0 Å². The van der Waals surface area contributed by atoms with Crippen molar-refractivity contribution in [3.63, 3.8) is 0 Å². The van der Waals surface area contributed by atoms with Gasteiger partial charge < -0.3 is 24.5 Å². The third kappa shape index (κ3) is 4.70. The molecule has 3 heterocycles. The highest BCUT2D eigenvalue weighted by Crippen LogP contribution is 2.27. The van der Waals surface area contributed by atoms with E-state index in [1.54, 1.807) is 0 Å². The molecule has 0 saturated carbocycles. The molecule has 2 aromatic carbocycles. The molecular weight excluding hydrogens is 422 g/mol. The summed E-state index contributed by atoms with van der Waals surface area (Å²) >= 11 is 0. The van der Waals surface area contributed by atoms with Crippen molar-refractivity contribution in [1.82, 2.24) is 14.9 Å². The Morgan fingerprint density at radius 3 is 2.61 bits per heavy atom. The monoisotopic (exact) mass is 447 g/mol. The number of benzene rings is 2. The number of carbonyl (C=O) groups is 1. The average molecular weight is 447 g/mol. The molecule has 1 aliphatic rings. The predicted molar refractivity (Wildman–Crippen MR) is 126 cm³/mol. The number of nitrogens with one attached hydrogen (secondary N) is 2. The van der Waals surface area contributed by atoms with Crippen LogP contribution in [-0.2, 0) is 4.74 Å². The van der Waals surface area contributed by atoms with Gasteiger partial charge in [0.25, 0.3) is 5.56 Å². The van der Waals surface area contributed by atoms with Crippen LogP contribution in [0.3, 0.4) is 0 Å². The van der Waals surface area contributed by atoms with Crippen molar-refractivity contribution in [3.8, 4) is 17.0 Å². The molecule has 8 nitrogen and oxygen atoms in total. The lowest BCUT2D eigenvalue weighted by Gasteiger charge is -2.30. The van der Waals surface area contributed by atoms with Crippen molar-refractivity contribution in [3.05, 3.63) is 65.0 Å². The minimum absolute atomic E-state index is 0.130. The second-order valence-corrected chi connectivity index (χ2v) is 8.30. The maximum absolute atomic E-state index is 12.6. The van der Waals surface area contributed by atoms with E-state index >= 15 is 0 Å². The van der Waals surface area contributed by atoms with E-state index in [4.69, 9.17) is 14.6 Å². The zero-order valence-corrected chi connectivity index (χ0v) is 18.0. The highest BCUT2D eigenvalue weighted by molar-refractivity contribution is 5.89. The van der Waals surface area contributed by atoms with E-state index in [9.17, 15) is 9.59 Å². The van der Waals surface area contributed by atoms with E-state index in [0.717, 1.165) is 52.9 Å². The van der Waals surface area contributed by atoms with Gasteiger partial charge >= 0.3 is 6.16 Å². The Morgan fingerprint density at radius 1 is 1.00 bits per heavy atom. The summed E-state index contributed by atoms with van der Waals surface area (Å²) < 4.78 is 10.8. The second kappa shape index (κ2) is 8.99. The SMILES string of the molecule is O=C(O)OC1CCN(CCOc2ccc3[nH]c(-c4cc5ccccc5[nH]c4=O)cc3c2)CC1. The molecule has 8 heteroatoms. The predicted octanol–water partition coefficient (Wildman–Crippen LogP) is 4.21. The molecule has 0 unspecified atom stereocenters. The summed E-state index contributed by atoms with van der Waals surface area (Å²) in [4.78, 5) is 31.8. The molecule has 4 aromatic rings. The Labute approximate surface area is 189 Å². The first-order chi connectivity index (χ1) is 16.0. The number of carboxylic acid groups (broad SMARTS) is 1. The molecule has 1 aliphatic heterocycles. The van der Waals surface area contributed by atoms with E-state index in [0.29, 0.717) is 25.0 Å². The van der Waals surface area contributed by atoms with Crippen molar-refractivity contribution in [2.75, 3.05) is 26.2 Å². The third-order valence-corrected chi connectivity index (χ3v) is 6.11. The van der Waals surface area contributed by atoms with Gasteiger partial charge in [-0.1, -0.05) is 18.2 Å². The fourth-order valence-electron chi connectivity index (χ4n) is 4.38. The molecule has 2 aromatic heterocycles. The van der Waals surface area contributed by atoms with E-state index in [1.165, 1.54) is 0 Å². The molecule has 0 radical (unpaired) electrons. The summed E-state index contributed by atoms with van der Waals surface area (Å²) in [5.41, 5.74) is 2.99. The van der Waals surface area contributed by atoms with Gasteiger partial charge in [0.2, 0.25) is 0 Å². The normalized spacial score (nSPS) is 15.2. The zero-order chi connectivity index (χ0) is 22.8. The van der Waals surface area contributed by atoms with Crippen LogP contribution in [0.25, 0.3) is 33.1 Å². The first-order valence-electron chi connectivity index (χ1n) is 11.0. The number of nitrogens with zero attached hydrogens (tertiary/aromatic N) is 1. The summed E-state index contributed by atoms with van der Waals surface area (Å²) in [5, 5.41) is 10.7. The Balaban J connectivity index is 1.23. The van der Waals surface area contributed by atoms with E-state index in [1.807, 2.05) is 54.6 Å². The van der Waals surface area contributed by atoms with Crippen LogP contribution < -0.4 is 10.3 Å². The van der Waals surface area contributed by atoms with E-state index < -0.39 is 6.16 Å². The number of hydrogen-bond acceptors (Lipinski definition) is 5. The van der Waals surface area contributed by atoms with Gasteiger partial charge in [-0.05, 0) is 54.6 Å². The molecule has 0 bridgehead atoms. The molecule has 0 amide bonds. The van der Waals surface area contributed by atoms with Gasteiger partial charge in [0.05, 0.1) is 11.3 Å². The average Bonchev–Trinajstić information content (AvgIpc) is 3.22. The lowest BCUT2D eigenvalue weighted by atomic mass is 10.1. The lowest BCUT2D eigenvalue weighted by Crippen LogP contribution is -2.39. The number of para-hydroxylation sites is 1. The van der Waals surface area contributed by atoms with Gasteiger partial charge in [0, 0.05) is 36.1 Å². The van der Waals surface area contributed by atoms with Crippen LogP contribution in [0.15, 0.2) is 59.4 Å². The Kier molecular flexibility index (Phi) is 5.75. The van der Waals surface area contributed by atoms with Gasteiger partial charge in [0.1, 0.15) is 18.5 Å². The van der Waals surface area contributed by atoms with Gasteiger partial charge in [0.15, 0.2) is 0 Å². The first kappa shape index (κ1) is 21.1. The lowest BCUT2D eigenvalue weighted by molar-refractivity contribution is 0.0180. The van der Waals surface area contributed by atoms with Crippen molar-refractivity contribution < 1.29 is 19.4 Å². The fraction of sp³-hybridized carbons (Fsp3) is 0.280. The number of piperidine rings is 1. The summed E-state index contributed by atoms with van der Waals surface area (Å²) in [7, 11) is 0. The van der Waals surface area contributed by atoms with Crippen LogP contribution in [0.2, 0.25) is 0 Å². The summed E-state index contributed by atoms with van der Waals surface area (Å²) in [6.45, 7) is 2.89. The first-order valence-corrected chi connectivity index (χ1v) is 11.0. The molecule has 33 heavy (non-hydrogen) atoms. The van der Waals surface area contributed by atoms with Gasteiger partial charge in [-0.2, -0.15) is 0 Å². The number of aromatic nitrogens is 2. The maximum Gasteiger partial charge on any atom is 0.506 e. The van der Waals surface area contributed by atoms with Crippen LogP contribution >= 0.6 is 0 Å². The molecule has 5 rings (SSSR count). The van der Waals surface area contributed by atoms with Crippen LogP contribution in [0.1, 0.15) is 12.8 Å². The van der Waals surface area contributed by atoms with E-state index in [-0.39, 0.29) is 11.7 Å². The smallest absolute Gasteiger partial charge is 0.492 e. The molecule has 3 N–H and O–H groups in total. The highest BCUT2D eigenvalue weighted by Gasteiger charge is 2.21. The molecule has 0 aliphatic carbocycles. The number of fused-ring (bicyclic) bond motifs is 2. The number of ether oxygens (including phenoxy) is 2. The minimum Gasteiger partial charge on any atom is -0.492 e. The van der Waals surface area contributed by atoms with Gasteiger partial charge in [-0.3, -0.25) is 9.69 Å². The van der Waals surface area contributed by atoms with Crippen LogP contribution in [0, 0.1) is 0 Å². The van der Waals surface area contributed by atoms with E-state index in [2.05, 4.69) is 14.9 Å². The molecule has 0 atom stereocenters. The zero-order valence-electron chi connectivity index (χ0n) is 18.0. The molecule has 1 saturated heterocycles. The number of rotatable bonds is 6. The van der Waals surface area contributed by atoms with Crippen molar-refractivity contribution in [2.24, 2.45) is 0 Å². The quantitative estimate of drug-likeness (QED) is 0.382. The largest absolute Gasteiger partial charge is 0.506 e. The van der Waals surface area contributed by atoms with Crippen LogP contribution in [0.4, 0.5) is 4.79 Å². The van der Waals surface area contributed by atoms with Crippen LogP contribution in [-0.4, -0.2) is 58.5 Å². The Hall–Kier alpha value is -3.78. The Morgan fingerprint density at radius 2 is 1.79 bits per heavy atom. The van der Waals surface area contributed by atoms with Crippen molar-refractivity contribution in [2.45, 2.75) is 18.9 Å². The topological polar surface area (TPSA) is 108 Å². The molecular formula is C25H25N3O5. The second-order valence-electron chi connectivity index (χ2n) is 8.30. The number of hydrogen-bond donors (Lipinski definition) is 3. The van der Waals surface area contributed by atoms with Gasteiger partial charge in [-0.25, -0.2) is 4.79 Å². The van der Waals surface area contributed by atoms with Crippen LogP contribution in [0.5, 0.6) is 5.75 Å². The third-order valence-electron chi connectivity index (χ3n) is 6.11. The molecule has 170 valence electrons. The van der Waals surface area contributed by atoms with Crippen molar-refractivity contribution >= 4 is 28.0 Å². The fourth-order valence-corrected chi connectivity index (χ4v) is 4.38. The molecule has 1 fully saturated rings. The summed E-state index contributed by atoms with van der Waals surface area (Å²) in [5.74, 6) is 0.768. The number of likely N-dealkylation sites (tertiary alicyclic amines) is 1. The maximum atomic E-state index is 12.6.